The normalized spacial score (nSPS) is 15.1. The summed E-state index contributed by atoms with van der Waals surface area (Å²) in [6.45, 7) is 6.61. The van der Waals surface area contributed by atoms with E-state index in [1.54, 1.807) is 0 Å². The van der Waals surface area contributed by atoms with Gasteiger partial charge >= 0.3 is 0 Å². The number of allylic oxidation sites excluding steroid dienone is 8. The molecule has 31 heavy (non-hydrogen) atoms. The molecule has 3 heteroatoms. The molecule has 0 N–H and O–H groups in total. The summed E-state index contributed by atoms with van der Waals surface area (Å²) in [7, 11) is -0.827. The van der Waals surface area contributed by atoms with Crippen molar-refractivity contribution in [2.24, 2.45) is 0 Å². The highest BCUT2D eigenvalue weighted by atomic mass is 31.1. The molecule has 0 aliphatic heterocycles. The standard InChI is InChI=1S/C28H31O2P/c1-22(2)12-10-13-23(3)20-21-30-28(29)26-18-11-19-27(26)31(24-14-6-4-7-15-24)25-16-8-5-9-17-25/h4-9,11-12,14-20,29H,10,13,21H2,1-3H3/p-1/b23-20-,28-26-. The number of benzene rings is 2. The molecule has 1 aliphatic carbocycles. The van der Waals surface area contributed by atoms with Crippen LogP contribution in [0.2, 0.25) is 0 Å². The van der Waals surface area contributed by atoms with Crippen LogP contribution in [0.3, 0.4) is 0 Å². The van der Waals surface area contributed by atoms with Crippen molar-refractivity contribution in [1.82, 2.24) is 0 Å². The molecule has 2 nitrogen and oxygen atoms in total. The SMILES string of the molecule is CC(C)=CCC/C(C)=C\CO/C([O-])=C1/C=CC=C1P(c1ccccc1)c1ccccc1. The van der Waals surface area contributed by atoms with Crippen molar-refractivity contribution in [3.8, 4) is 0 Å². The molecule has 1 aliphatic rings. The third-order valence-corrected chi connectivity index (χ3v) is 7.52. The molecule has 0 saturated heterocycles. The van der Waals surface area contributed by atoms with E-state index in [9.17, 15) is 5.11 Å². The Morgan fingerprint density at radius 2 is 1.52 bits per heavy atom. The fraction of sp³-hybridized carbons (Fsp3) is 0.214. The summed E-state index contributed by atoms with van der Waals surface area (Å²) < 4.78 is 5.63. The van der Waals surface area contributed by atoms with E-state index in [0.29, 0.717) is 12.2 Å². The van der Waals surface area contributed by atoms with Gasteiger partial charge in [-0.15, -0.1) is 0 Å². The van der Waals surface area contributed by atoms with E-state index in [0.717, 1.165) is 18.2 Å². The number of ether oxygens (including phenoxy) is 1. The lowest BCUT2D eigenvalue weighted by molar-refractivity contribution is -0.356. The largest absolute Gasteiger partial charge is 0.609 e. The van der Waals surface area contributed by atoms with Crippen LogP contribution in [0.4, 0.5) is 0 Å². The summed E-state index contributed by atoms with van der Waals surface area (Å²) in [6.07, 6.45) is 12.1. The Balaban J connectivity index is 1.78. The van der Waals surface area contributed by atoms with E-state index < -0.39 is 7.92 Å². The second kappa shape index (κ2) is 11.5. The zero-order valence-corrected chi connectivity index (χ0v) is 19.4. The van der Waals surface area contributed by atoms with Crippen LogP contribution < -0.4 is 15.7 Å². The number of hydrogen-bond donors (Lipinski definition) is 0. The van der Waals surface area contributed by atoms with E-state index in [4.69, 9.17) is 4.74 Å². The van der Waals surface area contributed by atoms with Gasteiger partial charge in [0.15, 0.2) is 0 Å². The first-order valence-corrected chi connectivity index (χ1v) is 12.0. The second-order valence-electron chi connectivity index (χ2n) is 7.80. The average Bonchev–Trinajstić information content (AvgIpc) is 3.24. The van der Waals surface area contributed by atoms with Crippen molar-refractivity contribution >= 4 is 18.5 Å². The molecule has 2 aromatic carbocycles. The van der Waals surface area contributed by atoms with Crippen LogP contribution in [0.25, 0.3) is 0 Å². The summed E-state index contributed by atoms with van der Waals surface area (Å²) in [5.41, 5.74) is 3.23. The van der Waals surface area contributed by atoms with Gasteiger partial charge in [-0.25, -0.2) is 0 Å². The fourth-order valence-corrected chi connectivity index (χ4v) is 5.82. The van der Waals surface area contributed by atoms with Crippen molar-refractivity contribution in [2.45, 2.75) is 33.6 Å². The van der Waals surface area contributed by atoms with Gasteiger partial charge in [-0.05, 0) is 57.5 Å². The minimum Gasteiger partial charge on any atom is -0.609 e. The highest BCUT2D eigenvalue weighted by molar-refractivity contribution is 7.77. The van der Waals surface area contributed by atoms with Crippen molar-refractivity contribution in [1.29, 1.82) is 0 Å². The van der Waals surface area contributed by atoms with Crippen LogP contribution in [-0.2, 0) is 4.74 Å². The van der Waals surface area contributed by atoms with Gasteiger partial charge in [-0.1, -0.05) is 102 Å². The predicted octanol–water partition coefficient (Wildman–Crippen LogP) is 5.85. The summed E-state index contributed by atoms with van der Waals surface area (Å²) in [5, 5.41) is 16.4. The van der Waals surface area contributed by atoms with E-state index >= 15 is 0 Å². The molecule has 0 unspecified atom stereocenters. The first-order valence-electron chi connectivity index (χ1n) is 10.7. The van der Waals surface area contributed by atoms with E-state index in [1.165, 1.54) is 21.8 Å². The maximum absolute atomic E-state index is 12.9. The third-order valence-electron chi connectivity index (χ3n) is 5.02. The molecule has 0 saturated carbocycles. The molecular formula is C28H30O2P-. The molecule has 160 valence electrons. The molecule has 0 heterocycles. The Bertz CT molecular complexity index is 968. The van der Waals surface area contributed by atoms with Crippen molar-refractivity contribution < 1.29 is 9.84 Å². The Labute approximate surface area is 187 Å². The van der Waals surface area contributed by atoms with Gasteiger partial charge in [0.25, 0.3) is 0 Å². The topological polar surface area (TPSA) is 32.3 Å². The van der Waals surface area contributed by atoms with Gasteiger partial charge in [-0.2, -0.15) is 0 Å². The highest BCUT2D eigenvalue weighted by Crippen LogP contribution is 2.49. The maximum Gasteiger partial charge on any atom is 0.0596 e. The van der Waals surface area contributed by atoms with Gasteiger partial charge in [-0.3, -0.25) is 0 Å². The quantitative estimate of drug-likeness (QED) is 0.284. The lowest BCUT2D eigenvalue weighted by Crippen LogP contribution is -2.16. The number of hydrogen-bond acceptors (Lipinski definition) is 2. The molecule has 2 aromatic rings. The molecule has 0 aromatic heterocycles. The van der Waals surface area contributed by atoms with Crippen LogP contribution >= 0.6 is 7.92 Å². The van der Waals surface area contributed by atoms with Crippen LogP contribution in [-0.4, -0.2) is 6.61 Å². The molecule has 0 fully saturated rings. The first kappa shape index (κ1) is 22.8. The lowest BCUT2D eigenvalue weighted by atomic mass is 10.1. The monoisotopic (exact) mass is 429 g/mol. The van der Waals surface area contributed by atoms with Crippen LogP contribution in [0.1, 0.15) is 33.6 Å². The van der Waals surface area contributed by atoms with Gasteiger partial charge in [0.2, 0.25) is 0 Å². The highest BCUT2D eigenvalue weighted by Gasteiger charge is 2.23. The van der Waals surface area contributed by atoms with Crippen molar-refractivity contribution in [2.75, 3.05) is 6.61 Å². The summed E-state index contributed by atoms with van der Waals surface area (Å²) >= 11 is 0. The Morgan fingerprint density at radius 3 is 2.10 bits per heavy atom. The van der Waals surface area contributed by atoms with E-state index in [-0.39, 0.29) is 5.95 Å². The van der Waals surface area contributed by atoms with Gasteiger partial charge in [0, 0.05) is 12.2 Å². The summed E-state index contributed by atoms with van der Waals surface area (Å²) in [4.78, 5) is 0. The van der Waals surface area contributed by atoms with Crippen LogP contribution in [0.5, 0.6) is 0 Å². The minimum absolute atomic E-state index is 0.257. The Hall–Kier alpha value is -2.83. The van der Waals surface area contributed by atoms with E-state index in [1.807, 2.05) is 30.4 Å². The summed E-state index contributed by atoms with van der Waals surface area (Å²) in [5.74, 6) is -0.257. The zero-order valence-electron chi connectivity index (χ0n) is 18.5. The van der Waals surface area contributed by atoms with Crippen molar-refractivity contribution in [3.05, 3.63) is 119 Å². The maximum atomic E-state index is 12.9. The lowest BCUT2D eigenvalue weighted by Gasteiger charge is -2.25. The average molecular weight is 430 g/mol. The molecular weight excluding hydrogens is 399 g/mol. The summed E-state index contributed by atoms with van der Waals surface area (Å²) in [6, 6.07) is 20.8. The second-order valence-corrected chi connectivity index (χ2v) is 9.99. The van der Waals surface area contributed by atoms with Crippen molar-refractivity contribution in [3.63, 3.8) is 0 Å². The van der Waals surface area contributed by atoms with Gasteiger partial charge < -0.3 is 9.84 Å². The smallest absolute Gasteiger partial charge is 0.0596 e. The third kappa shape index (κ3) is 6.57. The molecule has 0 spiro atoms. The predicted molar refractivity (Wildman–Crippen MR) is 132 cm³/mol. The van der Waals surface area contributed by atoms with E-state index in [2.05, 4.69) is 81.5 Å². The Kier molecular flexibility index (Phi) is 8.50. The Morgan fingerprint density at radius 1 is 0.903 bits per heavy atom. The van der Waals surface area contributed by atoms with Crippen LogP contribution in [0.15, 0.2) is 119 Å². The fourth-order valence-electron chi connectivity index (χ4n) is 3.39. The molecule has 3 rings (SSSR count). The molecule has 0 atom stereocenters. The first-order chi connectivity index (χ1) is 15.1. The minimum atomic E-state index is -0.827. The van der Waals surface area contributed by atoms with Gasteiger partial charge in [0.05, 0.1) is 5.95 Å². The molecule has 0 amide bonds. The van der Waals surface area contributed by atoms with Gasteiger partial charge in [0.1, 0.15) is 0 Å². The number of rotatable bonds is 9. The zero-order chi connectivity index (χ0) is 22.1. The molecule has 0 bridgehead atoms. The molecule has 0 radical (unpaired) electrons. The van der Waals surface area contributed by atoms with Crippen LogP contribution in [0, 0.1) is 0 Å².